The van der Waals surface area contributed by atoms with Crippen LogP contribution in [0.15, 0.2) is 27.4 Å². The number of aromatic nitrogens is 2. The van der Waals surface area contributed by atoms with Crippen molar-refractivity contribution in [2.24, 2.45) is 0 Å². The van der Waals surface area contributed by atoms with Gasteiger partial charge in [0.1, 0.15) is 16.9 Å². The van der Waals surface area contributed by atoms with Gasteiger partial charge in [0.25, 0.3) is 5.56 Å². The molecule has 1 saturated heterocycles. The Morgan fingerprint density at radius 2 is 2.30 bits per heavy atom. The maximum absolute atomic E-state index is 12.3. The van der Waals surface area contributed by atoms with E-state index >= 15 is 0 Å². The summed E-state index contributed by atoms with van der Waals surface area (Å²) in [6, 6.07) is 5.28. The molecular weight excluding hydrogens is 298 g/mol. The molecule has 120 valence electrons. The van der Waals surface area contributed by atoms with Gasteiger partial charge < -0.3 is 19.6 Å². The number of hydrogen-bond donors (Lipinski definition) is 3. The highest BCUT2D eigenvalue weighted by atomic mass is 16.3. The van der Waals surface area contributed by atoms with Crippen LogP contribution in [-0.2, 0) is 13.2 Å². The van der Waals surface area contributed by atoms with E-state index in [9.17, 15) is 15.0 Å². The molecule has 0 radical (unpaired) electrons. The Morgan fingerprint density at radius 3 is 3.04 bits per heavy atom. The Labute approximate surface area is 131 Å². The van der Waals surface area contributed by atoms with Crippen molar-refractivity contribution >= 4 is 22.1 Å². The van der Waals surface area contributed by atoms with Gasteiger partial charge in [0, 0.05) is 18.5 Å². The quantitative estimate of drug-likeness (QED) is 0.658. The fourth-order valence-corrected chi connectivity index (χ4v) is 3.09. The summed E-state index contributed by atoms with van der Waals surface area (Å²) in [5, 5.41) is 19.6. The zero-order valence-electron chi connectivity index (χ0n) is 12.5. The normalized spacial score (nSPS) is 19.1. The number of likely N-dealkylation sites (tertiary alicyclic amines) is 1. The lowest BCUT2D eigenvalue weighted by atomic mass is 10.1. The highest BCUT2D eigenvalue weighted by Crippen LogP contribution is 2.26. The first-order chi connectivity index (χ1) is 11.1. The van der Waals surface area contributed by atoms with Crippen LogP contribution in [0.2, 0.25) is 0 Å². The molecule has 1 aromatic carbocycles. The lowest BCUT2D eigenvalue weighted by Crippen LogP contribution is -2.24. The standard InChI is InChI=1S/C16H17N3O4/c20-8-9-1-2-12-11(5-9)14-15(23-12)16(22)18-13(17-14)7-19-4-3-10(21)6-19/h1-2,5,10,20-21H,3-4,6-8H2,(H,17,18,22)/t10-/m0/s1. The van der Waals surface area contributed by atoms with Crippen LogP contribution < -0.4 is 5.56 Å². The van der Waals surface area contributed by atoms with E-state index in [1.165, 1.54) is 0 Å². The number of benzene rings is 1. The highest BCUT2D eigenvalue weighted by Gasteiger charge is 2.21. The number of furan rings is 1. The van der Waals surface area contributed by atoms with E-state index in [1.807, 2.05) is 0 Å². The Hall–Kier alpha value is -2.22. The molecule has 1 aliphatic rings. The number of fused-ring (bicyclic) bond motifs is 3. The second-order valence-corrected chi connectivity index (χ2v) is 5.96. The van der Waals surface area contributed by atoms with Crippen molar-refractivity contribution in [1.29, 1.82) is 0 Å². The molecule has 7 heteroatoms. The SMILES string of the molecule is O=c1[nH]c(CN2CC[C@H](O)C2)nc2c1oc1ccc(CO)cc12. The van der Waals surface area contributed by atoms with Crippen LogP contribution >= 0.6 is 0 Å². The number of aliphatic hydroxyl groups is 2. The van der Waals surface area contributed by atoms with Crippen molar-refractivity contribution in [3.8, 4) is 0 Å². The monoisotopic (exact) mass is 315 g/mol. The van der Waals surface area contributed by atoms with Crippen molar-refractivity contribution in [2.75, 3.05) is 13.1 Å². The van der Waals surface area contributed by atoms with Crippen molar-refractivity contribution in [1.82, 2.24) is 14.9 Å². The minimum Gasteiger partial charge on any atom is -0.449 e. The molecule has 7 nitrogen and oxygen atoms in total. The molecule has 3 N–H and O–H groups in total. The van der Waals surface area contributed by atoms with Gasteiger partial charge in [-0.2, -0.15) is 0 Å². The maximum atomic E-state index is 12.3. The molecule has 2 aromatic heterocycles. The minimum atomic E-state index is -0.313. The van der Waals surface area contributed by atoms with Gasteiger partial charge in [-0.3, -0.25) is 9.69 Å². The molecule has 23 heavy (non-hydrogen) atoms. The molecule has 3 aromatic rings. The topological polar surface area (TPSA) is 103 Å². The Bertz CT molecular complexity index is 930. The highest BCUT2D eigenvalue weighted by molar-refractivity contribution is 6.02. The van der Waals surface area contributed by atoms with Crippen LogP contribution in [0, 0.1) is 0 Å². The predicted molar refractivity (Wildman–Crippen MR) is 84.0 cm³/mol. The zero-order valence-corrected chi connectivity index (χ0v) is 12.5. The Balaban J connectivity index is 1.81. The average Bonchev–Trinajstić information content (AvgIpc) is 3.11. The van der Waals surface area contributed by atoms with E-state index in [0.717, 1.165) is 23.9 Å². The van der Waals surface area contributed by atoms with Crippen molar-refractivity contribution in [3.63, 3.8) is 0 Å². The smallest absolute Gasteiger partial charge is 0.294 e. The number of H-pyrrole nitrogens is 1. The third kappa shape index (κ3) is 2.52. The first-order valence-electron chi connectivity index (χ1n) is 7.59. The van der Waals surface area contributed by atoms with E-state index in [0.29, 0.717) is 30.0 Å². The summed E-state index contributed by atoms with van der Waals surface area (Å²) in [6.45, 7) is 1.77. The summed E-state index contributed by atoms with van der Waals surface area (Å²) in [5.74, 6) is 0.550. The summed E-state index contributed by atoms with van der Waals surface area (Å²) in [7, 11) is 0. The average molecular weight is 315 g/mol. The molecule has 0 amide bonds. The van der Waals surface area contributed by atoms with E-state index in [-0.39, 0.29) is 23.9 Å². The lowest BCUT2D eigenvalue weighted by molar-refractivity contribution is 0.174. The van der Waals surface area contributed by atoms with E-state index < -0.39 is 0 Å². The van der Waals surface area contributed by atoms with Gasteiger partial charge in [-0.25, -0.2) is 4.98 Å². The molecule has 1 atom stereocenters. The van der Waals surface area contributed by atoms with Gasteiger partial charge in [-0.05, 0) is 24.1 Å². The van der Waals surface area contributed by atoms with Crippen molar-refractivity contribution in [2.45, 2.75) is 25.7 Å². The number of rotatable bonds is 3. The molecule has 0 saturated carbocycles. The number of nitrogens with zero attached hydrogens (tertiary/aromatic N) is 2. The van der Waals surface area contributed by atoms with Gasteiger partial charge >= 0.3 is 0 Å². The van der Waals surface area contributed by atoms with Crippen molar-refractivity contribution in [3.05, 3.63) is 39.9 Å². The molecule has 3 heterocycles. The van der Waals surface area contributed by atoms with Crippen LogP contribution in [0.5, 0.6) is 0 Å². The molecular formula is C16H17N3O4. The predicted octanol–water partition coefficient (Wildman–Crippen LogP) is 0.728. The summed E-state index contributed by atoms with van der Waals surface area (Å²) in [6.07, 6.45) is 0.424. The van der Waals surface area contributed by atoms with E-state index in [1.54, 1.807) is 18.2 Å². The molecule has 0 unspecified atom stereocenters. The molecule has 0 spiro atoms. The maximum Gasteiger partial charge on any atom is 0.294 e. The van der Waals surface area contributed by atoms with Gasteiger partial charge in [-0.15, -0.1) is 0 Å². The number of hydrogen-bond acceptors (Lipinski definition) is 6. The molecule has 0 aliphatic carbocycles. The van der Waals surface area contributed by atoms with Gasteiger partial charge in [0.2, 0.25) is 5.58 Å². The van der Waals surface area contributed by atoms with Crippen LogP contribution in [-0.4, -0.2) is 44.3 Å². The van der Waals surface area contributed by atoms with Gasteiger partial charge in [-0.1, -0.05) is 6.07 Å². The summed E-state index contributed by atoms with van der Waals surface area (Å²) >= 11 is 0. The van der Waals surface area contributed by atoms with Crippen LogP contribution in [0.25, 0.3) is 22.1 Å². The molecule has 1 aliphatic heterocycles. The third-order valence-electron chi connectivity index (χ3n) is 4.24. The fourth-order valence-electron chi connectivity index (χ4n) is 3.09. The Morgan fingerprint density at radius 1 is 1.43 bits per heavy atom. The Kier molecular flexibility index (Phi) is 3.41. The van der Waals surface area contributed by atoms with Gasteiger partial charge in [0.15, 0.2) is 0 Å². The molecule has 0 bridgehead atoms. The van der Waals surface area contributed by atoms with E-state index in [4.69, 9.17) is 4.42 Å². The van der Waals surface area contributed by atoms with Crippen LogP contribution in [0.1, 0.15) is 17.8 Å². The number of aromatic amines is 1. The molecule has 1 fully saturated rings. The van der Waals surface area contributed by atoms with Crippen LogP contribution in [0.3, 0.4) is 0 Å². The zero-order chi connectivity index (χ0) is 16.0. The number of β-amino-alcohol motifs (C(OH)–C–C–N with tert-alkyl or cyclic N) is 1. The largest absolute Gasteiger partial charge is 0.449 e. The minimum absolute atomic E-state index is 0.0790. The lowest BCUT2D eigenvalue weighted by Gasteiger charge is -2.13. The number of aliphatic hydroxyl groups excluding tert-OH is 2. The molecule has 4 rings (SSSR count). The number of nitrogens with one attached hydrogen (secondary N) is 1. The second-order valence-electron chi connectivity index (χ2n) is 5.96. The third-order valence-corrected chi connectivity index (χ3v) is 4.24. The first kappa shape index (κ1) is 14.4. The first-order valence-corrected chi connectivity index (χ1v) is 7.59. The second kappa shape index (κ2) is 5.45. The summed E-state index contributed by atoms with van der Waals surface area (Å²) < 4.78 is 5.58. The van der Waals surface area contributed by atoms with Gasteiger partial charge in [0.05, 0.1) is 19.3 Å². The summed E-state index contributed by atoms with van der Waals surface area (Å²) in [4.78, 5) is 21.6. The summed E-state index contributed by atoms with van der Waals surface area (Å²) in [5.41, 5.74) is 1.70. The van der Waals surface area contributed by atoms with E-state index in [2.05, 4.69) is 14.9 Å². The fraction of sp³-hybridized carbons (Fsp3) is 0.375. The van der Waals surface area contributed by atoms with Crippen LogP contribution in [0.4, 0.5) is 0 Å². The van der Waals surface area contributed by atoms with Crippen molar-refractivity contribution < 1.29 is 14.6 Å².